The zero-order valence-electron chi connectivity index (χ0n) is 16.2. The number of hydrogen-bond donors (Lipinski definition) is 0. The van der Waals surface area contributed by atoms with Crippen molar-refractivity contribution in [1.29, 1.82) is 0 Å². The molecular weight excluding hydrogens is 334 g/mol. The predicted octanol–water partition coefficient (Wildman–Crippen LogP) is 5.52. The number of nitrogens with zero attached hydrogens (tertiary/aromatic N) is 1. The average Bonchev–Trinajstić information content (AvgIpc) is 3.31. The van der Waals surface area contributed by atoms with E-state index in [0.29, 0.717) is 5.56 Å². The van der Waals surface area contributed by atoms with Gasteiger partial charge in [0.1, 0.15) is 0 Å². The lowest BCUT2D eigenvalue weighted by atomic mass is 10.0. The number of rotatable bonds is 5. The molecule has 0 unspecified atom stereocenters. The molecule has 0 aliphatic heterocycles. The van der Waals surface area contributed by atoms with Crippen LogP contribution in [0.1, 0.15) is 52.9 Å². The molecule has 1 heterocycles. The monoisotopic (exact) mass is 361 g/mol. The zero-order chi connectivity index (χ0) is 18.8. The lowest BCUT2D eigenvalue weighted by molar-refractivity contribution is 0.0600. The van der Waals surface area contributed by atoms with Crippen molar-refractivity contribution in [1.82, 2.24) is 4.57 Å². The van der Waals surface area contributed by atoms with Gasteiger partial charge in [-0.05, 0) is 61.4 Å². The van der Waals surface area contributed by atoms with Crippen molar-refractivity contribution in [2.75, 3.05) is 7.11 Å². The molecule has 3 aromatic rings. The van der Waals surface area contributed by atoms with E-state index in [1.807, 2.05) is 24.3 Å². The Morgan fingerprint density at radius 3 is 2.48 bits per heavy atom. The second-order valence-electron chi connectivity index (χ2n) is 7.71. The number of hydrogen-bond acceptors (Lipinski definition) is 2. The van der Waals surface area contributed by atoms with Crippen molar-refractivity contribution in [3.63, 3.8) is 0 Å². The fraction of sp³-hybridized carbons (Fsp3) is 0.375. The van der Waals surface area contributed by atoms with Gasteiger partial charge in [0.15, 0.2) is 0 Å². The lowest BCUT2D eigenvalue weighted by Gasteiger charge is -2.14. The molecule has 4 rings (SSSR count). The van der Waals surface area contributed by atoms with Crippen molar-refractivity contribution in [2.24, 2.45) is 5.92 Å². The molecule has 0 bridgehead atoms. The van der Waals surface area contributed by atoms with E-state index in [4.69, 9.17) is 4.74 Å². The summed E-state index contributed by atoms with van der Waals surface area (Å²) in [6.07, 6.45) is 6.35. The minimum absolute atomic E-state index is 0.286. The van der Waals surface area contributed by atoms with E-state index in [-0.39, 0.29) is 5.97 Å². The third-order valence-corrected chi connectivity index (χ3v) is 6.03. The van der Waals surface area contributed by atoms with Crippen LogP contribution >= 0.6 is 0 Å². The van der Waals surface area contributed by atoms with Crippen molar-refractivity contribution in [3.8, 4) is 0 Å². The summed E-state index contributed by atoms with van der Waals surface area (Å²) in [4.78, 5) is 11.7. The Bertz CT molecular complexity index is 946. The number of ether oxygens (including phenoxy) is 1. The van der Waals surface area contributed by atoms with E-state index in [2.05, 4.69) is 35.8 Å². The maximum atomic E-state index is 11.7. The topological polar surface area (TPSA) is 31.2 Å². The van der Waals surface area contributed by atoms with Gasteiger partial charge in [0, 0.05) is 23.1 Å². The van der Waals surface area contributed by atoms with Crippen molar-refractivity contribution in [2.45, 2.75) is 45.6 Å². The zero-order valence-corrected chi connectivity index (χ0v) is 16.2. The number of methoxy groups -OCH3 is 1. The molecule has 1 aromatic heterocycles. The first-order valence-corrected chi connectivity index (χ1v) is 9.91. The van der Waals surface area contributed by atoms with Crippen LogP contribution in [0.25, 0.3) is 10.9 Å². The minimum Gasteiger partial charge on any atom is -0.465 e. The molecule has 2 aromatic carbocycles. The molecule has 1 aliphatic carbocycles. The van der Waals surface area contributed by atoms with Crippen LogP contribution in [0.2, 0.25) is 0 Å². The molecule has 1 aliphatic rings. The van der Waals surface area contributed by atoms with E-state index < -0.39 is 0 Å². The molecule has 1 fully saturated rings. The number of benzene rings is 2. The summed E-state index contributed by atoms with van der Waals surface area (Å²) in [6.45, 7) is 3.39. The van der Waals surface area contributed by atoms with E-state index in [9.17, 15) is 4.79 Å². The van der Waals surface area contributed by atoms with E-state index in [0.717, 1.165) is 18.9 Å². The maximum Gasteiger partial charge on any atom is 0.337 e. The van der Waals surface area contributed by atoms with Gasteiger partial charge in [-0.25, -0.2) is 4.79 Å². The number of aromatic nitrogens is 1. The van der Waals surface area contributed by atoms with Gasteiger partial charge in [0.25, 0.3) is 0 Å². The highest BCUT2D eigenvalue weighted by Crippen LogP contribution is 2.32. The summed E-state index contributed by atoms with van der Waals surface area (Å²) in [6, 6.07) is 16.5. The summed E-state index contributed by atoms with van der Waals surface area (Å²) in [7, 11) is 1.42. The highest BCUT2D eigenvalue weighted by atomic mass is 16.5. The third kappa shape index (κ3) is 3.51. The Morgan fingerprint density at radius 2 is 1.78 bits per heavy atom. The number of carbonyl (C=O) groups is 1. The van der Waals surface area contributed by atoms with Crippen molar-refractivity contribution >= 4 is 16.9 Å². The van der Waals surface area contributed by atoms with E-state index >= 15 is 0 Å². The first kappa shape index (κ1) is 17.8. The smallest absolute Gasteiger partial charge is 0.337 e. The standard InChI is InChI=1S/C24H27NO2/c1-17-22(15-18-11-13-20(14-12-18)24(26)27-2)21-9-5-6-10-23(21)25(17)16-19-7-3-4-8-19/h5-6,9-14,19H,3-4,7-8,15-16H2,1-2H3. The molecule has 1 saturated carbocycles. The molecule has 0 saturated heterocycles. The third-order valence-electron chi connectivity index (χ3n) is 6.03. The van der Waals surface area contributed by atoms with Crippen LogP contribution in [0.4, 0.5) is 0 Å². The minimum atomic E-state index is -0.286. The molecule has 0 N–H and O–H groups in total. The van der Waals surface area contributed by atoms with Crippen LogP contribution in [0, 0.1) is 12.8 Å². The summed E-state index contributed by atoms with van der Waals surface area (Å²) in [5.74, 6) is 0.526. The van der Waals surface area contributed by atoms with Gasteiger partial charge in [0.05, 0.1) is 12.7 Å². The second-order valence-corrected chi connectivity index (χ2v) is 7.71. The van der Waals surface area contributed by atoms with Gasteiger partial charge in [-0.15, -0.1) is 0 Å². The Hall–Kier alpha value is -2.55. The highest BCUT2D eigenvalue weighted by molar-refractivity contribution is 5.89. The van der Waals surface area contributed by atoms with Crippen molar-refractivity contribution < 1.29 is 9.53 Å². The first-order chi connectivity index (χ1) is 13.2. The largest absolute Gasteiger partial charge is 0.465 e. The number of fused-ring (bicyclic) bond motifs is 1. The molecule has 0 spiro atoms. The summed E-state index contributed by atoms with van der Waals surface area (Å²) < 4.78 is 7.33. The number of para-hydroxylation sites is 1. The summed E-state index contributed by atoms with van der Waals surface area (Å²) in [5, 5.41) is 1.35. The highest BCUT2D eigenvalue weighted by Gasteiger charge is 2.20. The average molecular weight is 361 g/mol. The molecule has 0 amide bonds. The first-order valence-electron chi connectivity index (χ1n) is 9.91. The lowest BCUT2D eigenvalue weighted by Crippen LogP contribution is -2.09. The Labute approximate surface area is 161 Å². The quantitative estimate of drug-likeness (QED) is 0.561. The maximum absolute atomic E-state index is 11.7. The van der Waals surface area contributed by atoms with Crippen LogP contribution in [0.5, 0.6) is 0 Å². The SMILES string of the molecule is COC(=O)c1ccc(Cc2c(C)n(CC3CCCC3)c3ccccc23)cc1. The molecule has 3 heteroatoms. The van der Waals surface area contributed by atoms with Gasteiger partial charge in [-0.2, -0.15) is 0 Å². The Morgan fingerprint density at radius 1 is 1.07 bits per heavy atom. The van der Waals surface area contributed by atoms with Crippen LogP contribution in [0.3, 0.4) is 0 Å². The van der Waals surface area contributed by atoms with Crippen LogP contribution in [-0.2, 0) is 17.7 Å². The molecule has 0 atom stereocenters. The summed E-state index contributed by atoms with van der Waals surface area (Å²) in [5.41, 5.74) is 5.94. The van der Waals surface area contributed by atoms with E-state index in [1.165, 1.54) is 60.5 Å². The fourth-order valence-corrected chi connectivity index (χ4v) is 4.49. The van der Waals surface area contributed by atoms with Gasteiger partial charge in [-0.3, -0.25) is 0 Å². The molecule has 0 radical (unpaired) electrons. The normalized spacial score (nSPS) is 14.7. The van der Waals surface area contributed by atoms with E-state index in [1.54, 1.807) is 0 Å². The van der Waals surface area contributed by atoms with Crippen LogP contribution in [-0.4, -0.2) is 17.6 Å². The molecule has 3 nitrogen and oxygen atoms in total. The molecule has 140 valence electrons. The van der Waals surface area contributed by atoms with Crippen LogP contribution < -0.4 is 0 Å². The molecule has 27 heavy (non-hydrogen) atoms. The second kappa shape index (κ2) is 7.59. The van der Waals surface area contributed by atoms with Crippen LogP contribution in [0.15, 0.2) is 48.5 Å². The van der Waals surface area contributed by atoms with Gasteiger partial charge in [-0.1, -0.05) is 43.2 Å². The number of carbonyl (C=O) groups excluding carboxylic acids is 1. The van der Waals surface area contributed by atoms with Gasteiger partial charge < -0.3 is 9.30 Å². The Kier molecular flexibility index (Phi) is 5.02. The predicted molar refractivity (Wildman–Crippen MR) is 109 cm³/mol. The number of esters is 1. The van der Waals surface area contributed by atoms with Crippen molar-refractivity contribution in [3.05, 3.63) is 70.9 Å². The van der Waals surface area contributed by atoms with Gasteiger partial charge in [0.2, 0.25) is 0 Å². The molecular formula is C24H27NO2. The fourth-order valence-electron chi connectivity index (χ4n) is 4.49. The Balaban J connectivity index is 1.67. The van der Waals surface area contributed by atoms with Gasteiger partial charge >= 0.3 is 5.97 Å². The summed E-state index contributed by atoms with van der Waals surface area (Å²) >= 11 is 0.